The van der Waals surface area contributed by atoms with Gasteiger partial charge in [0, 0.05) is 23.7 Å². The first-order valence-corrected chi connectivity index (χ1v) is 5.56. The van der Waals surface area contributed by atoms with Crippen LogP contribution in [0.25, 0.3) is 11.3 Å². The van der Waals surface area contributed by atoms with E-state index < -0.39 is 0 Å². The summed E-state index contributed by atoms with van der Waals surface area (Å²) in [6, 6.07) is 8.08. The summed E-state index contributed by atoms with van der Waals surface area (Å²) in [7, 11) is 0. The molecule has 0 aliphatic rings. The molecule has 0 amide bonds. The molecule has 16 heavy (non-hydrogen) atoms. The van der Waals surface area contributed by atoms with Crippen molar-refractivity contribution in [3.05, 3.63) is 47.9 Å². The Balaban J connectivity index is 2.45. The van der Waals surface area contributed by atoms with E-state index in [0.29, 0.717) is 5.92 Å². The van der Waals surface area contributed by atoms with Gasteiger partial charge in [0.05, 0.1) is 5.69 Å². The number of hydrogen-bond acceptors (Lipinski definition) is 2. The summed E-state index contributed by atoms with van der Waals surface area (Å²) in [4.78, 5) is 8.82. The fourth-order valence-corrected chi connectivity index (χ4v) is 1.68. The maximum absolute atomic E-state index is 4.48. The molecule has 0 saturated carbocycles. The lowest BCUT2D eigenvalue weighted by molar-refractivity contribution is 0.821. The number of hydrogen-bond donors (Lipinski definition) is 0. The van der Waals surface area contributed by atoms with Crippen molar-refractivity contribution in [2.24, 2.45) is 0 Å². The van der Waals surface area contributed by atoms with Gasteiger partial charge in [0.15, 0.2) is 0 Å². The van der Waals surface area contributed by atoms with Crippen LogP contribution in [0, 0.1) is 6.92 Å². The zero-order valence-electron chi connectivity index (χ0n) is 9.94. The monoisotopic (exact) mass is 212 g/mol. The molecular weight excluding hydrogens is 196 g/mol. The number of aryl methyl sites for hydroxylation is 1. The van der Waals surface area contributed by atoms with Crippen LogP contribution in [0.15, 0.2) is 36.7 Å². The van der Waals surface area contributed by atoms with Gasteiger partial charge >= 0.3 is 0 Å². The Hall–Kier alpha value is -1.70. The second kappa shape index (κ2) is 4.44. The van der Waals surface area contributed by atoms with Gasteiger partial charge in [-0.25, -0.2) is 0 Å². The van der Waals surface area contributed by atoms with E-state index in [1.807, 2.05) is 30.6 Å². The van der Waals surface area contributed by atoms with E-state index in [2.05, 4.69) is 36.8 Å². The molecule has 0 saturated heterocycles. The van der Waals surface area contributed by atoms with E-state index in [1.54, 1.807) is 0 Å². The maximum Gasteiger partial charge on any atom is 0.0720 e. The molecule has 2 heteroatoms. The summed E-state index contributed by atoms with van der Waals surface area (Å²) in [5, 5.41) is 0. The molecule has 0 radical (unpaired) electrons. The first-order valence-electron chi connectivity index (χ1n) is 5.56. The molecule has 0 atom stereocenters. The molecule has 2 nitrogen and oxygen atoms in total. The Morgan fingerprint density at radius 1 is 1.12 bits per heavy atom. The van der Waals surface area contributed by atoms with Gasteiger partial charge in [-0.3, -0.25) is 9.97 Å². The van der Waals surface area contributed by atoms with Crippen LogP contribution in [-0.4, -0.2) is 9.97 Å². The van der Waals surface area contributed by atoms with Gasteiger partial charge < -0.3 is 0 Å². The molecule has 2 aromatic rings. The Morgan fingerprint density at radius 2 is 1.94 bits per heavy atom. The zero-order chi connectivity index (χ0) is 11.5. The molecule has 0 aliphatic carbocycles. The second-order valence-electron chi connectivity index (χ2n) is 4.29. The van der Waals surface area contributed by atoms with E-state index in [0.717, 1.165) is 17.0 Å². The summed E-state index contributed by atoms with van der Waals surface area (Å²) in [5.41, 5.74) is 4.47. The Kier molecular flexibility index (Phi) is 3.00. The topological polar surface area (TPSA) is 25.8 Å². The Morgan fingerprint density at radius 3 is 2.50 bits per heavy atom. The maximum atomic E-state index is 4.48. The van der Waals surface area contributed by atoms with Crippen LogP contribution in [0.2, 0.25) is 0 Å². The third kappa shape index (κ3) is 2.11. The molecular formula is C14H16N2. The average molecular weight is 212 g/mol. The van der Waals surface area contributed by atoms with E-state index in [1.165, 1.54) is 5.56 Å². The highest BCUT2D eigenvalue weighted by atomic mass is 14.7. The van der Waals surface area contributed by atoms with E-state index in [-0.39, 0.29) is 0 Å². The lowest BCUT2D eigenvalue weighted by Crippen LogP contribution is -1.95. The van der Waals surface area contributed by atoms with E-state index >= 15 is 0 Å². The zero-order valence-corrected chi connectivity index (χ0v) is 9.94. The molecule has 2 rings (SSSR count). The summed E-state index contributed by atoms with van der Waals surface area (Å²) in [6.45, 7) is 6.42. The van der Waals surface area contributed by atoms with E-state index in [4.69, 9.17) is 0 Å². The van der Waals surface area contributed by atoms with Crippen molar-refractivity contribution in [3.63, 3.8) is 0 Å². The van der Waals surface area contributed by atoms with Crippen molar-refractivity contribution in [1.29, 1.82) is 0 Å². The van der Waals surface area contributed by atoms with Crippen LogP contribution >= 0.6 is 0 Å². The third-order valence-electron chi connectivity index (χ3n) is 2.66. The molecule has 2 heterocycles. The van der Waals surface area contributed by atoms with E-state index in [9.17, 15) is 0 Å². The molecule has 0 bridgehead atoms. The third-order valence-corrected chi connectivity index (χ3v) is 2.66. The van der Waals surface area contributed by atoms with Gasteiger partial charge in [-0.2, -0.15) is 0 Å². The fraction of sp³-hybridized carbons (Fsp3) is 0.286. The van der Waals surface area contributed by atoms with Crippen LogP contribution in [0.5, 0.6) is 0 Å². The molecule has 82 valence electrons. The smallest absolute Gasteiger partial charge is 0.0720 e. The summed E-state index contributed by atoms with van der Waals surface area (Å²) >= 11 is 0. The highest BCUT2D eigenvalue weighted by Crippen LogP contribution is 2.22. The van der Waals surface area contributed by atoms with Crippen LogP contribution in [0.3, 0.4) is 0 Å². The molecule has 0 aromatic carbocycles. The van der Waals surface area contributed by atoms with Gasteiger partial charge in [0.25, 0.3) is 0 Å². The van der Waals surface area contributed by atoms with Crippen LogP contribution in [0.1, 0.15) is 31.0 Å². The molecule has 0 spiro atoms. The molecule has 0 fully saturated rings. The van der Waals surface area contributed by atoms with Crippen molar-refractivity contribution in [3.8, 4) is 11.3 Å². The number of rotatable bonds is 2. The Labute approximate surface area is 96.4 Å². The largest absolute Gasteiger partial charge is 0.260 e. The minimum Gasteiger partial charge on any atom is -0.260 e. The minimum absolute atomic E-state index is 0.469. The number of pyridine rings is 2. The van der Waals surface area contributed by atoms with Gasteiger partial charge in [-0.05, 0) is 36.6 Å². The van der Waals surface area contributed by atoms with Crippen LogP contribution < -0.4 is 0 Å². The normalized spacial score (nSPS) is 10.8. The van der Waals surface area contributed by atoms with Gasteiger partial charge in [0.1, 0.15) is 0 Å². The predicted molar refractivity (Wildman–Crippen MR) is 66.3 cm³/mol. The van der Waals surface area contributed by atoms with Crippen molar-refractivity contribution >= 4 is 0 Å². The number of nitrogens with zero attached hydrogens (tertiary/aromatic N) is 2. The highest BCUT2D eigenvalue weighted by molar-refractivity contribution is 5.62. The Bertz CT molecular complexity index is 475. The lowest BCUT2D eigenvalue weighted by atomic mass is 10.0. The average Bonchev–Trinajstić information content (AvgIpc) is 2.30. The van der Waals surface area contributed by atoms with Crippen molar-refractivity contribution in [1.82, 2.24) is 9.97 Å². The quantitative estimate of drug-likeness (QED) is 0.760. The minimum atomic E-state index is 0.469. The molecule has 0 unspecified atom stereocenters. The predicted octanol–water partition coefficient (Wildman–Crippen LogP) is 3.58. The fourth-order valence-electron chi connectivity index (χ4n) is 1.68. The van der Waals surface area contributed by atoms with Crippen molar-refractivity contribution in [2.45, 2.75) is 26.7 Å². The first kappa shape index (κ1) is 10.8. The van der Waals surface area contributed by atoms with Crippen LogP contribution in [0.4, 0.5) is 0 Å². The van der Waals surface area contributed by atoms with Gasteiger partial charge in [-0.15, -0.1) is 0 Å². The lowest BCUT2D eigenvalue weighted by Gasteiger charge is -2.09. The number of aromatic nitrogens is 2. The standard InChI is InChI=1S/C14H16N2/c1-10(2)14-8-11(3)12(9-16-14)13-6-4-5-7-15-13/h4-10H,1-3H3. The first-order chi connectivity index (χ1) is 7.68. The van der Waals surface area contributed by atoms with Crippen molar-refractivity contribution in [2.75, 3.05) is 0 Å². The molecule has 0 N–H and O–H groups in total. The van der Waals surface area contributed by atoms with Gasteiger partial charge in [-0.1, -0.05) is 19.9 Å². The summed E-state index contributed by atoms with van der Waals surface area (Å²) in [5.74, 6) is 0.469. The summed E-state index contributed by atoms with van der Waals surface area (Å²) in [6.07, 6.45) is 3.73. The van der Waals surface area contributed by atoms with Gasteiger partial charge in [0.2, 0.25) is 0 Å². The molecule has 2 aromatic heterocycles. The molecule has 0 aliphatic heterocycles. The second-order valence-corrected chi connectivity index (χ2v) is 4.29. The summed E-state index contributed by atoms with van der Waals surface area (Å²) < 4.78 is 0. The SMILES string of the molecule is Cc1cc(C(C)C)ncc1-c1ccccn1. The van der Waals surface area contributed by atoms with Crippen LogP contribution in [-0.2, 0) is 0 Å². The highest BCUT2D eigenvalue weighted by Gasteiger charge is 2.06. The van der Waals surface area contributed by atoms with Crippen molar-refractivity contribution < 1.29 is 0 Å².